The molecule has 0 aliphatic carbocycles. The van der Waals surface area contributed by atoms with Gasteiger partial charge in [0.2, 0.25) is 17.8 Å². The van der Waals surface area contributed by atoms with Crippen LogP contribution in [0.2, 0.25) is 0 Å². The fraction of sp³-hybridized carbons (Fsp3) is 0.571. The number of nitrogens with zero attached hydrogens (tertiary/aromatic N) is 3. The number of nitrogens with one attached hydrogen (secondary N) is 1. The minimum Gasteiger partial charge on any atom is -0.342 e. The molecule has 1 aliphatic heterocycles. The van der Waals surface area contributed by atoms with Crippen LogP contribution in [-0.4, -0.2) is 39.4 Å². The van der Waals surface area contributed by atoms with Crippen LogP contribution in [0.1, 0.15) is 47.0 Å². The lowest BCUT2D eigenvalue weighted by molar-refractivity contribution is -0.142. The van der Waals surface area contributed by atoms with Gasteiger partial charge >= 0.3 is 0 Å². The van der Waals surface area contributed by atoms with Gasteiger partial charge in [-0.2, -0.15) is 0 Å². The van der Waals surface area contributed by atoms with E-state index >= 15 is 0 Å². The van der Waals surface area contributed by atoms with Gasteiger partial charge in [0.1, 0.15) is 0 Å². The Hall–Kier alpha value is -2.37. The molecule has 0 unspecified atom stereocenters. The van der Waals surface area contributed by atoms with Gasteiger partial charge in [-0.05, 0) is 31.4 Å². The third-order valence-electron chi connectivity index (χ3n) is 5.13. The first-order valence-electron chi connectivity index (χ1n) is 9.86. The number of piperidine rings is 1. The number of para-hydroxylation sites is 2. The Balaban J connectivity index is 1.68. The first-order valence-corrected chi connectivity index (χ1v) is 9.86. The van der Waals surface area contributed by atoms with Crippen molar-refractivity contribution in [3.8, 4) is 0 Å². The molecule has 0 atom stereocenters. The van der Waals surface area contributed by atoms with E-state index in [-0.39, 0.29) is 23.1 Å². The average Bonchev–Trinajstić information content (AvgIpc) is 2.98. The minimum absolute atomic E-state index is 0.00511. The number of carbonyl (C=O) groups is 2. The second-order valence-electron chi connectivity index (χ2n) is 8.38. The average molecular weight is 370 g/mol. The van der Waals surface area contributed by atoms with Crippen LogP contribution in [0.5, 0.6) is 0 Å². The molecular weight excluding hydrogens is 340 g/mol. The summed E-state index contributed by atoms with van der Waals surface area (Å²) >= 11 is 0. The lowest BCUT2D eigenvalue weighted by Gasteiger charge is -2.35. The van der Waals surface area contributed by atoms with Crippen molar-refractivity contribution in [1.82, 2.24) is 14.5 Å². The summed E-state index contributed by atoms with van der Waals surface area (Å²) < 4.78 is 2.07. The molecule has 2 amide bonds. The number of rotatable bonds is 4. The summed E-state index contributed by atoms with van der Waals surface area (Å²) in [7, 11) is 0. The van der Waals surface area contributed by atoms with E-state index in [0.717, 1.165) is 24.0 Å². The largest absolute Gasteiger partial charge is 0.342 e. The second-order valence-corrected chi connectivity index (χ2v) is 8.38. The molecule has 1 aromatic carbocycles. The molecule has 0 spiro atoms. The topological polar surface area (TPSA) is 67.2 Å². The highest BCUT2D eigenvalue weighted by Crippen LogP contribution is 2.25. The quantitative estimate of drug-likeness (QED) is 0.893. The Kier molecular flexibility index (Phi) is 5.53. The Morgan fingerprint density at radius 2 is 1.85 bits per heavy atom. The number of hydrogen-bond donors (Lipinski definition) is 1. The zero-order chi connectivity index (χ0) is 19.6. The van der Waals surface area contributed by atoms with Crippen molar-refractivity contribution in [3.05, 3.63) is 24.3 Å². The van der Waals surface area contributed by atoms with Crippen molar-refractivity contribution in [1.29, 1.82) is 0 Å². The third kappa shape index (κ3) is 4.15. The number of aryl methyl sites for hydroxylation is 1. The molecule has 1 aliphatic rings. The Bertz CT molecular complexity index is 826. The zero-order valence-electron chi connectivity index (χ0n) is 16.8. The lowest BCUT2D eigenvalue weighted by Crippen LogP contribution is -2.45. The van der Waals surface area contributed by atoms with E-state index in [9.17, 15) is 9.59 Å². The molecule has 1 saturated heterocycles. The molecule has 6 nitrogen and oxygen atoms in total. The number of likely N-dealkylation sites (tertiary alicyclic amines) is 1. The van der Waals surface area contributed by atoms with E-state index in [1.54, 1.807) is 0 Å². The maximum Gasteiger partial charge on any atom is 0.229 e. The van der Waals surface area contributed by atoms with Crippen molar-refractivity contribution in [2.45, 2.75) is 53.5 Å². The van der Waals surface area contributed by atoms with Crippen LogP contribution in [0.4, 0.5) is 5.95 Å². The standard InChI is InChI=1S/C21H30N4O2/c1-5-12-25-17-9-7-6-8-16(17)22-20(25)23-18(26)15-10-13-24(14-11-15)19(27)21(2,3)4/h6-9,15H,5,10-14H2,1-4H3,(H,22,23,26). The lowest BCUT2D eigenvalue weighted by atomic mass is 9.91. The highest BCUT2D eigenvalue weighted by molar-refractivity contribution is 5.93. The van der Waals surface area contributed by atoms with E-state index in [1.165, 1.54) is 0 Å². The normalized spacial score (nSPS) is 15.9. The van der Waals surface area contributed by atoms with Crippen LogP contribution in [0.15, 0.2) is 24.3 Å². The van der Waals surface area contributed by atoms with E-state index in [4.69, 9.17) is 0 Å². The fourth-order valence-electron chi connectivity index (χ4n) is 3.65. The van der Waals surface area contributed by atoms with Crippen molar-refractivity contribution < 1.29 is 9.59 Å². The maximum absolute atomic E-state index is 12.8. The molecule has 0 radical (unpaired) electrons. The first kappa shape index (κ1) is 19.4. The van der Waals surface area contributed by atoms with Gasteiger partial charge in [0.25, 0.3) is 0 Å². The molecule has 1 N–H and O–H groups in total. The summed E-state index contributed by atoms with van der Waals surface area (Å²) in [5, 5.41) is 3.04. The summed E-state index contributed by atoms with van der Waals surface area (Å²) in [4.78, 5) is 31.7. The molecule has 2 heterocycles. The van der Waals surface area contributed by atoms with Crippen LogP contribution in [0.3, 0.4) is 0 Å². The van der Waals surface area contributed by atoms with Gasteiger partial charge in [-0.15, -0.1) is 0 Å². The Labute approximate surface area is 160 Å². The number of carbonyl (C=O) groups excluding carboxylic acids is 2. The summed E-state index contributed by atoms with van der Waals surface area (Å²) in [5.74, 6) is 0.705. The maximum atomic E-state index is 12.8. The van der Waals surface area contributed by atoms with Gasteiger partial charge in [-0.3, -0.25) is 14.9 Å². The summed E-state index contributed by atoms with van der Waals surface area (Å²) in [6, 6.07) is 7.95. The molecular formula is C21H30N4O2. The number of hydrogen-bond acceptors (Lipinski definition) is 3. The smallest absolute Gasteiger partial charge is 0.229 e. The van der Waals surface area contributed by atoms with E-state index in [0.29, 0.717) is 31.9 Å². The second kappa shape index (κ2) is 7.71. The number of anilines is 1. The van der Waals surface area contributed by atoms with Gasteiger partial charge < -0.3 is 9.47 Å². The van der Waals surface area contributed by atoms with Crippen LogP contribution in [0, 0.1) is 11.3 Å². The predicted octanol–water partition coefficient (Wildman–Crippen LogP) is 3.67. The van der Waals surface area contributed by atoms with Crippen molar-refractivity contribution in [2.75, 3.05) is 18.4 Å². The van der Waals surface area contributed by atoms with E-state index < -0.39 is 0 Å². The highest BCUT2D eigenvalue weighted by Gasteiger charge is 2.32. The minimum atomic E-state index is -0.375. The molecule has 1 fully saturated rings. The molecule has 3 rings (SSSR count). The van der Waals surface area contributed by atoms with Crippen LogP contribution >= 0.6 is 0 Å². The summed E-state index contributed by atoms with van der Waals surface area (Å²) in [6.45, 7) is 10.0. The monoisotopic (exact) mass is 370 g/mol. The molecule has 0 bridgehead atoms. The van der Waals surface area contributed by atoms with Gasteiger partial charge in [-0.25, -0.2) is 4.98 Å². The Morgan fingerprint density at radius 1 is 1.19 bits per heavy atom. The zero-order valence-corrected chi connectivity index (χ0v) is 16.8. The summed E-state index contributed by atoms with van der Waals surface area (Å²) in [6.07, 6.45) is 2.36. The van der Waals surface area contributed by atoms with E-state index in [1.807, 2.05) is 49.9 Å². The van der Waals surface area contributed by atoms with Crippen molar-refractivity contribution >= 4 is 28.8 Å². The van der Waals surface area contributed by atoms with Gasteiger partial charge in [0, 0.05) is 31.0 Å². The molecule has 146 valence electrons. The molecule has 0 saturated carbocycles. The van der Waals surface area contributed by atoms with Gasteiger partial charge in [-0.1, -0.05) is 39.8 Å². The number of amides is 2. The molecule has 1 aromatic heterocycles. The Morgan fingerprint density at radius 3 is 2.48 bits per heavy atom. The number of imidazole rings is 1. The van der Waals surface area contributed by atoms with Crippen LogP contribution in [-0.2, 0) is 16.1 Å². The number of aromatic nitrogens is 2. The SMILES string of the molecule is CCCn1c(NC(=O)C2CCN(C(=O)C(C)(C)C)CC2)nc2ccccc21. The fourth-order valence-corrected chi connectivity index (χ4v) is 3.65. The predicted molar refractivity (Wildman–Crippen MR) is 107 cm³/mol. The first-order chi connectivity index (χ1) is 12.8. The number of benzene rings is 1. The van der Waals surface area contributed by atoms with Crippen molar-refractivity contribution in [3.63, 3.8) is 0 Å². The van der Waals surface area contributed by atoms with E-state index in [2.05, 4.69) is 21.8 Å². The number of fused-ring (bicyclic) bond motifs is 1. The highest BCUT2D eigenvalue weighted by atomic mass is 16.2. The third-order valence-corrected chi connectivity index (χ3v) is 5.13. The summed E-state index contributed by atoms with van der Waals surface area (Å²) in [5.41, 5.74) is 1.56. The van der Waals surface area contributed by atoms with Crippen LogP contribution < -0.4 is 5.32 Å². The van der Waals surface area contributed by atoms with Gasteiger partial charge in [0.15, 0.2) is 0 Å². The van der Waals surface area contributed by atoms with Crippen molar-refractivity contribution in [2.24, 2.45) is 11.3 Å². The van der Waals surface area contributed by atoms with Crippen LogP contribution in [0.25, 0.3) is 11.0 Å². The molecule has 27 heavy (non-hydrogen) atoms. The molecule has 6 heteroatoms. The molecule has 2 aromatic rings. The van der Waals surface area contributed by atoms with Gasteiger partial charge in [0.05, 0.1) is 11.0 Å².